The number of imide groups is 1. The Hall–Kier alpha value is -2.91. The molecule has 2 fully saturated rings. The minimum absolute atomic E-state index is 0.0761. The molecule has 2 saturated heterocycles. The van der Waals surface area contributed by atoms with E-state index in [4.69, 9.17) is 4.74 Å². The first-order chi connectivity index (χ1) is 15.3. The average molecular weight is 458 g/mol. The Kier molecular flexibility index (Phi) is 6.21. The Morgan fingerprint density at radius 2 is 1.50 bits per heavy atom. The second-order valence-corrected chi connectivity index (χ2v) is 10.2. The number of rotatable bonds is 6. The Morgan fingerprint density at radius 3 is 2.06 bits per heavy atom. The molecule has 0 saturated carbocycles. The predicted molar refractivity (Wildman–Crippen MR) is 122 cm³/mol. The average Bonchev–Trinajstić information content (AvgIpc) is 3.13. The smallest absolute Gasteiger partial charge is 0.251 e. The Bertz CT molecular complexity index is 1090. The van der Waals surface area contributed by atoms with Gasteiger partial charge in [0, 0.05) is 31.9 Å². The Balaban J connectivity index is 1.40. The molecule has 9 heteroatoms. The van der Waals surface area contributed by atoms with Gasteiger partial charge in [0.25, 0.3) is 5.91 Å². The van der Waals surface area contributed by atoms with Crippen molar-refractivity contribution in [3.05, 3.63) is 48.5 Å². The number of anilines is 2. The molecule has 0 aliphatic carbocycles. The van der Waals surface area contributed by atoms with E-state index in [1.165, 1.54) is 4.90 Å². The van der Waals surface area contributed by atoms with Crippen LogP contribution in [0.3, 0.4) is 0 Å². The monoisotopic (exact) mass is 457 g/mol. The van der Waals surface area contributed by atoms with E-state index in [1.54, 1.807) is 50.4 Å². The van der Waals surface area contributed by atoms with Crippen molar-refractivity contribution in [3.63, 3.8) is 0 Å². The summed E-state index contributed by atoms with van der Waals surface area (Å²) < 4.78 is 29.2. The first kappa shape index (κ1) is 22.3. The number of hydrogen-bond donors (Lipinski definition) is 0. The highest BCUT2D eigenvalue weighted by Gasteiger charge is 2.43. The quantitative estimate of drug-likeness (QED) is 0.613. The maximum absolute atomic E-state index is 13.0. The van der Waals surface area contributed by atoms with Gasteiger partial charge in [0.1, 0.15) is 5.75 Å². The summed E-state index contributed by atoms with van der Waals surface area (Å²) in [4.78, 5) is 31.5. The van der Waals surface area contributed by atoms with Crippen LogP contribution in [0, 0.1) is 0 Å². The van der Waals surface area contributed by atoms with Crippen molar-refractivity contribution in [1.29, 1.82) is 0 Å². The molecule has 0 aromatic heterocycles. The molecule has 0 N–H and O–H groups in total. The lowest BCUT2D eigenvalue weighted by atomic mass is 10.1. The van der Waals surface area contributed by atoms with Crippen LogP contribution in [0.5, 0.6) is 5.75 Å². The van der Waals surface area contributed by atoms with E-state index >= 15 is 0 Å². The largest absolute Gasteiger partial charge is 0.497 e. The topological polar surface area (TPSA) is 87.2 Å². The van der Waals surface area contributed by atoms with Crippen LogP contribution >= 0.6 is 0 Å². The van der Waals surface area contributed by atoms with Crippen molar-refractivity contribution in [2.45, 2.75) is 24.3 Å². The fourth-order valence-electron chi connectivity index (χ4n) is 4.23. The van der Waals surface area contributed by atoms with E-state index < -0.39 is 15.9 Å². The van der Waals surface area contributed by atoms with E-state index in [0.29, 0.717) is 42.5 Å². The molecule has 170 valence electrons. The minimum Gasteiger partial charge on any atom is -0.497 e. The van der Waals surface area contributed by atoms with Crippen LogP contribution in [0.15, 0.2) is 53.4 Å². The van der Waals surface area contributed by atoms with Crippen molar-refractivity contribution in [2.24, 2.45) is 0 Å². The number of sulfone groups is 1. The first-order valence-corrected chi connectivity index (χ1v) is 12.3. The van der Waals surface area contributed by atoms with E-state index in [9.17, 15) is 18.0 Å². The highest BCUT2D eigenvalue weighted by molar-refractivity contribution is 7.91. The molecule has 2 aliphatic heterocycles. The van der Waals surface area contributed by atoms with Gasteiger partial charge in [0.05, 0.1) is 35.9 Å². The van der Waals surface area contributed by atoms with Gasteiger partial charge in [-0.1, -0.05) is 6.92 Å². The number of ether oxygens (including phenoxy) is 1. The van der Waals surface area contributed by atoms with Crippen molar-refractivity contribution >= 4 is 33.0 Å². The molecule has 2 aromatic rings. The first-order valence-electron chi connectivity index (χ1n) is 10.7. The van der Waals surface area contributed by atoms with Gasteiger partial charge in [-0.3, -0.25) is 14.5 Å². The highest BCUT2D eigenvalue weighted by atomic mass is 32.2. The van der Waals surface area contributed by atoms with Crippen LogP contribution in [-0.4, -0.2) is 70.2 Å². The zero-order valence-corrected chi connectivity index (χ0v) is 19.0. The number of carbonyl (C=O) groups is 2. The molecule has 2 heterocycles. The SMILES string of the molecule is CCS(=O)(=O)c1ccc(N2CCN([C@@H]3CC(=O)N(c4ccc(OC)cc4)C3=O)CC2)cc1. The molecule has 0 unspecified atom stereocenters. The van der Waals surface area contributed by atoms with Gasteiger partial charge in [-0.25, -0.2) is 13.3 Å². The highest BCUT2D eigenvalue weighted by Crippen LogP contribution is 2.28. The second-order valence-electron chi connectivity index (χ2n) is 7.91. The summed E-state index contributed by atoms with van der Waals surface area (Å²) in [6.45, 7) is 4.32. The minimum atomic E-state index is -3.22. The predicted octanol–water partition coefficient (Wildman–Crippen LogP) is 1.94. The fourth-order valence-corrected chi connectivity index (χ4v) is 5.11. The fraction of sp³-hybridized carbons (Fsp3) is 0.391. The molecule has 8 nitrogen and oxygen atoms in total. The molecule has 0 radical (unpaired) electrons. The lowest BCUT2D eigenvalue weighted by molar-refractivity contribution is -0.123. The van der Waals surface area contributed by atoms with E-state index in [-0.39, 0.29) is 24.0 Å². The molecular formula is C23H27N3O5S. The zero-order chi connectivity index (χ0) is 22.9. The molecular weight excluding hydrogens is 430 g/mol. The van der Waals surface area contributed by atoms with Crippen LogP contribution in [-0.2, 0) is 19.4 Å². The van der Waals surface area contributed by atoms with E-state index in [0.717, 1.165) is 5.69 Å². The number of carbonyl (C=O) groups excluding carboxylic acids is 2. The number of methoxy groups -OCH3 is 1. The van der Waals surface area contributed by atoms with Crippen LogP contribution in [0.2, 0.25) is 0 Å². The summed E-state index contributed by atoms with van der Waals surface area (Å²) in [5.74, 6) is 0.357. The number of hydrogen-bond acceptors (Lipinski definition) is 7. The van der Waals surface area contributed by atoms with Crippen LogP contribution in [0.1, 0.15) is 13.3 Å². The van der Waals surface area contributed by atoms with Crippen molar-refractivity contribution in [3.8, 4) is 5.75 Å². The van der Waals surface area contributed by atoms with Crippen LogP contribution in [0.25, 0.3) is 0 Å². The third kappa shape index (κ3) is 4.22. The van der Waals surface area contributed by atoms with Gasteiger partial charge < -0.3 is 9.64 Å². The van der Waals surface area contributed by atoms with Gasteiger partial charge >= 0.3 is 0 Å². The summed E-state index contributed by atoms with van der Waals surface area (Å²) >= 11 is 0. The lowest BCUT2D eigenvalue weighted by Crippen LogP contribution is -2.52. The Labute approximate surface area is 188 Å². The second kappa shape index (κ2) is 8.91. The molecule has 0 bridgehead atoms. The van der Waals surface area contributed by atoms with E-state index in [2.05, 4.69) is 9.80 Å². The molecule has 0 spiro atoms. The van der Waals surface area contributed by atoms with Crippen LogP contribution < -0.4 is 14.5 Å². The summed E-state index contributed by atoms with van der Waals surface area (Å²) in [6, 6.07) is 13.4. The lowest BCUT2D eigenvalue weighted by Gasteiger charge is -2.38. The van der Waals surface area contributed by atoms with Gasteiger partial charge in [0.2, 0.25) is 5.91 Å². The maximum atomic E-state index is 13.0. The number of nitrogens with zero attached hydrogens (tertiary/aromatic N) is 3. The summed E-state index contributed by atoms with van der Waals surface area (Å²) in [5.41, 5.74) is 1.51. The molecule has 1 atom stereocenters. The number of benzene rings is 2. The van der Waals surface area contributed by atoms with Gasteiger partial charge in [0.15, 0.2) is 9.84 Å². The van der Waals surface area contributed by atoms with Gasteiger partial charge in [-0.2, -0.15) is 0 Å². The molecule has 2 aliphatic rings. The summed E-state index contributed by atoms with van der Waals surface area (Å²) in [5, 5.41) is 0. The molecule has 32 heavy (non-hydrogen) atoms. The third-order valence-electron chi connectivity index (χ3n) is 6.15. The maximum Gasteiger partial charge on any atom is 0.251 e. The normalized spacial score (nSPS) is 20.1. The molecule has 2 amide bonds. The molecule has 2 aromatic carbocycles. The molecule has 4 rings (SSSR count). The standard InChI is InChI=1S/C23H27N3O5S/c1-3-32(29,30)20-10-6-17(7-11-20)24-12-14-25(15-13-24)21-16-22(27)26(23(21)28)18-4-8-19(31-2)9-5-18/h4-11,21H,3,12-16H2,1-2H3/t21-/m1/s1. The third-order valence-corrected chi connectivity index (χ3v) is 7.90. The van der Waals surface area contributed by atoms with Gasteiger partial charge in [-0.05, 0) is 48.5 Å². The Morgan fingerprint density at radius 1 is 0.906 bits per heavy atom. The number of amides is 2. The number of piperazine rings is 1. The van der Waals surface area contributed by atoms with E-state index in [1.807, 2.05) is 12.1 Å². The van der Waals surface area contributed by atoms with Crippen molar-refractivity contribution in [2.75, 3.05) is 48.8 Å². The summed E-state index contributed by atoms with van der Waals surface area (Å²) in [7, 11) is -1.65. The zero-order valence-electron chi connectivity index (χ0n) is 18.2. The van der Waals surface area contributed by atoms with Gasteiger partial charge in [-0.15, -0.1) is 0 Å². The van der Waals surface area contributed by atoms with Crippen molar-refractivity contribution < 1.29 is 22.7 Å². The van der Waals surface area contributed by atoms with Crippen LogP contribution in [0.4, 0.5) is 11.4 Å². The van der Waals surface area contributed by atoms with Crippen molar-refractivity contribution in [1.82, 2.24) is 4.90 Å². The summed E-state index contributed by atoms with van der Waals surface area (Å²) in [6.07, 6.45) is 0.175.